The maximum atomic E-state index is 12.8. The van der Waals surface area contributed by atoms with E-state index in [9.17, 15) is 19.2 Å². The molecule has 1 saturated heterocycles. The molecule has 32 heavy (non-hydrogen) atoms. The molecule has 1 fully saturated rings. The number of nitrogens with zero attached hydrogens (tertiary/aromatic N) is 1. The first kappa shape index (κ1) is 25.2. The molecule has 0 radical (unpaired) electrons. The highest BCUT2D eigenvalue weighted by Crippen LogP contribution is 2.29. The number of piperidine rings is 1. The molecule has 1 aromatic carbocycles. The number of benzene rings is 1. The van der Waals surface area contributed by atoms with Gasteiger partial charge in [0.1, 0.15) is 0 Å². The predicted octanol–water partition coefficient (Wildman–Crippen LogP) is 2.39. The van der Waals surface area contributed by atoms with Crippen molar-refractivity contribution in [2.24, 2.45) is 11.8 Å². The van der Waals surface area contributed by atoms with Crippen molar-refractivity contribution in [1.82, 2.24) is 15.5 Å². The molecule has 176 valence electrons. The molecule has 4 amide bonds. The van der Waals surface area contributed by atoms with Gasteiger partial charge in [-0.25, -0.2) is 9.59 Å². The number of carbonyl (C=O) groups excluding carboxylic acids is 4. The summed E-state index contributed by atoms with van der Waals surface area (Å²) in [7, 11) is 0. The summed E-state index contributed by atoms with van der Waals surface area (Å²) in [4.78, 5) is 49.6. The second-order valence-corrected chi connectivity index (χ2v) is 7.93. The van der Waals surface area contributed by atoms with Crippen molar-refractivity contribution >= 4 is 29.5 Å². The lowest BCUT2D eigenvalue weighted by Crippen LogP contribution is -2.46. The Morgan fingerprint density at radius 3 is 2.53 bits per heavy atom. The molecule has 9 nitrogen and oxygen atoms in total. The first-order chi connectivity index (χ1) is 15.3. The quantitative estimate of drug-likeness (QED) is 0.398. The van der Waals surface area contributed by atoms with E-state index in [1.807, 2.05) is 0 Å². The second kappa shape index (κ2) is 12.7. The molecule has 2 atom stereocenters. The van der Waals surface area contributed by atoms with Gasteiger partial charge in [0.15, 0.2) is 0 Å². The van der Waals surface area contributed by atoms with Crippen LogP contribution in [-0.4, -0.2) is 61.5 Å². The van der Waals surface area contributed by atoms with Gasteiger partial charge in [0.25, 0.3) is 0 Å². The molecular formula is C23H34N4O5. The average molecular weight is 447 g/mol. The van der Waals surface area contributed by atoms with Gasteiger partial charge in [0.05, 0.1) is 12.2 Å². The number of nitrogens with one attached hydrogen (secondary N) is 3. The van der Waals surface area contributed by atoms with Gasteiger partial charge in [-0.2, -0.15) is 0 Å². The number of urea groups is 1. The van der Waals surface area contributed by atoms with Crippen molar-refractivity contribution in [1.29, 1.82) is 0 Å². The number of ether oxygens (including phenoxy) is 1. The van der Waals surface area contributed by atoms with Crippen LogP contribution in [0.1, 0.15) is 50.4 Å². The molecule has 9 heteroatoms. The van der Waals surface area contributed by atoms with Gasteiger partial charge in [-0.15, -0.1) is 0 Å². The van der Waals surface area contributed by atoms with Crippen molar-refractivity contribution in [2.75, 3.05) is 38.1 Å². The van der Waals surface area contributed by atoms with Gasteiger partial charge in [-0.05, 0) is 43.4 Å². The number of carbonyl (C=O) groups is 4. The Hall–Kier alpha value is -3.10. The lowest BCUT2D eigenvalue weighted by Gasteiger charge is -2.38. The molecule has 1 heterocycles. The van der Waals surface area contributed by atoms with E-state index in [4.69, 9.17) is 4.74 Å². The van der Waals surface area contributed by atoms with Crippen LogP contribution in [0.2, 0.25) is 0 Å². The van der Waals surface area contributed by atoms with E-state index in [-0.39, 0.29) is 36.3 Å². The number of anilines is 1. The van der Waals surface area contributed by atoms with Crippen LogP contribution in [-0.2, 0) is 14.3 Å². The van der Waals surface area contributed by atoms with Crippen LogP contribution >= 0.6 is 0 Å². The van der Waals surface area contributed by atoms with Gasteiger partial charge >= 0.3 is 12.0 Å². The number of hydrogen-bond acceptors (Lipinski definition) is 5. The smallest absolute Gasteiger partial charge is 0.338 e. The van der Waals surface area contributed by atoms with Crippen molar-refractivity contribution in [3.63, 3.8) is 0 Å². The average Bonchev–Trinajstić information content (AvgIpc) is 2.77. The summed E-state index contributed by atoms with van der Waals surface area (Å²) in [6.07, 6.45) is 2.02. The van der Waals surface area contributed by atoms with Crippen LogP contribution in [0.3, 0.4) is 0 Å². The second-order valence-electron chi connectivity index (χ2n) is 7.93. The van der Waals surface area contributed by atoms with Crippen LogP contribution in [0.15, 0.2) is 24.3 Å². The maximum absolute atomic E-state index is 12.8. The Labute approximate surface area is 189 Å². The molecule has 2 rings (SSSR count). The van der Waals surface area contributed by atoms with Gasteiger partial charge in [0, 0.05) is 45.2 Å². The summed E-state index contributed by atoms with van der Waals surface area (Å²) in [5, 5.41) is 8.34. The molecule has 0 spiro atoms. The van der Waals surface area contributed by atoms with Crippen LogP contribution < -0.4 is 16.0 Å². The molecule has 0 unspecified atom stereocenters. The molecule has 0 bridgehead atoms. The Morgan fingerprint density at radius 1 is 1.09 bits per heavy atom. The normalized spacial score (nSPS) is 17.9. The van der Waals surface area contributed by atoms with E-state index < -0.39 is 5.97 Å². The first-order valence-corrected chi connectivity index (χ1v) is 11.2. The largest absolute Gasteiger partial charge is 0.462 e. The summed E-state index contributed by atoms with van der Waals surface area (Å²) in [6.45, 7) is 7.48. The topological polar surface area (TPSA) is 117 Å². The lowest BCUT2D eigenvalue weighted by atomic mass is 9.81. The molecule has 3 N–H and O–H groups in total. The summed E-state index contributed by atoms with van der Waals surface area (Å²) < 4.78 is 5.00. The Balaban J connectivity index is 1.86. The van der Waals surface area contributed by atoms with E-state index >= 15 is 0 Å². The Kier molecular flexibility index (Phi) is 9.97. The van der Waals surface area contributed by atoms with Gasteiger partial charge in [-0.1, -0.05) is 19.4 Å². The van der Waals surface area contributed by atoms with Crippen molar-refractivity contribution < 1.29 is 23.9 Å². The summed E-state index contributed by atoms with van der Waals surface area (Å²) in [6, 6.07) is 6.46. The summed E-state index contributed by atoms with van der Waals surface area (Å²) in [5.41, 5.74) is 0.925. The zero-order valence-corrected chi connectivity index (χ0v) is 19.1. The monoisotopic (exact) mass is 446 g/mol. The van der Waals surface area contributed by atoms with E-state index in [1.54, 1.807) is 36.1 Å². The van der Waals surface area contributed by atoms with E-state index in [2.05, 4.69) is 22.9 Å². The standard InChI is InChI=1S/C23H34N4O5/c1-4-17-15-27(12-9-18(17)14-21(29)25-11-10-24-16(3)28)23(31)26-20-8-6-7-19(13-20)22(30)32-5-2/h6-8,13,17-18H,4-5,9-12,14-15H2,1-3H3,(H,24,28)(H,25,29)(H,26,31)/t17-,18-/m0/s1. The third kappa shape index (κ3) is 7.86. The Bertz CT molecular complexity index is 813. The van der Waals surface area contributed by atoms with E-state index in [1.165, 1.54) is 6.92 Å². The number of esters is 1. The van der Waals surface area contributed by atoms with E-state index in [0.717, 1.165) is 12.8 Å². The van der Waals surface area contributed by atoms with Crippen LogP contribution in [0, 0.1) is 11.8 Å². The SMILES string of the molecule is CCOC(=O)c1cccc(NC(=O)N2CC[C@@H](CC(=O)NCCNC(C)=O)[C@@H](CC)C2)c1. The van der Waals surface area contributed by atoms with Crippen molar-refractivity contribution in [3.05, 3.63) is 29.8 Å². The zero-order chi connectivity index (χ0) is 23.5. The van der Waals surface area contributed by atoms with Crippen LogP contribution in [0.25, 0.3) is 0 Å². The highest BCUT2D eigenvalue weighted by molar-refractivity contribution is 5.94. The minimum Gasteiger partial charge on any atom is -0.462 e. The summed E-state index contributed by atoms with van der Waals surface area (Å²) in [5.74, 6) is -0.153. The van der Waals surface area contributed by atoms with E-state index in [0.29, 0.717) is 43.9 Å². The van der Waals surface area contributed by atoms with Crippen molar-refractivity contribution in [2.45, 2.75) is 40.0 Å². The van der Waals surface area contributed by atoms with Crippen LogP contribution in [0.4, 0.5) is 10.5 Å². The zero-order valence-electron chi connectivity index (χ0n) is 19.1. The number of likely N-dealkylation sites (tertiary alicyclic amines) is 1. The molecule has 0 aromatic heterocycles. The van der Waals surface area contributed by atoms with Crippen LogP contribution in [0.5, 0.6) is 0 Å². The van der Waals surface area contributed by atoms with Crippen molar-refractivity contribution in [3.8, 4) is 0 Å². The third-order valence-corrected chi connectivity index (χ3v) is 5.60. The highest BCUT2D eigenvalue weighted by atomic mass is 16.5. The van der Waals surface area contributed by atoms with Gasteiger partial charge in [0.2, 0.25) is 11.8 Å². The third-order valence-electron chi connectivity index (χ3n) is 5.60. The fourth-order valence-corrected chi connectivity index (χ4v) is 3.89. The highest BCUT2D eigenvalue weighted by Gasteiger charge is 2.31. The minimum atomic E-state index is -0.425. The number of hydrogen-bond donors (Lipinski definition) is 3. The predicted molar refractivity (Wildman–Crippen MR) is 121 cm³/mol. The fourth-order valence-electron chi connectivity index (χ4n) is 3.89. The maximum Gasteiger partial charge on any atom is 0.338 e. The molecule has 0 saturated carbocycles. The molecule has 0 aliphatic carbocycles. The molecular weight excluding hydrogens is 412 g/mol. The molecule has 1 aliphatic rings. The Morgan fingerprint density at radius 2 is 1.84 bits per heavy atom. The minimum absolute atomic E-state index is 0.0347. The number of amides is 4. The van der Waals surface area contributed by atoms with Gasteiger partial charge < -0.3 is 25.6 Å². The molecule has 1 aromatic rings. The summed E-state index contributed by atoms with van der Waals surface area (Å²) >= 11 is 0. The van der Waals surface area contributed by atoms with Gasteiger partial charge in [-0.3, -0.25) is 9.59 Å². The lowest BCUT2D eigenvalue weighted by molar-refractivity contribution is -0.123. The fraction of sp³-hybridized carbons (Fsp3) is 0.565. The molecule has 1 aliphatic heterocycles. The first-order valence-electron chi connectivity index (χ1n) is 11.2. The number of rotatable bonds is 9.